The molecule has 0 aromatic heterocycles. The van der Waals surface area contributed by atoms with Crippen LogP contribution in [-0.2, 0) is 19.1 Å². The highest BCUT2D eigenvalue weighted by molar-refractivity contribution is 7.86. The van der Waals surface area contributed by atoms with Crippen molar-refractivity contribution in [2.45, 2.75) is 58.9 Å². The molecule has 3 fully saturated rings. The third kappa shape index (κ3) is 2.98. The molecule has 1 aliphatic heterocycles. The Balaban J connectivity index is 1.63. The molecule has 5 nitrogen and oxygen atoms in total. The number of hydrogen-bond donors (Lipinski definition) is 1. The summed E-state index contributed by atoms with van der Waals surface area (Å²) in [5.74, 6) is 0.550. The number of ketones is 1. The van der Waals surface area contributed by atoms with Crippen LogP contribution in [0.5, 0.6) is 0 Å². The number of carbonyl (C=O) groups is 1. The van der Waals surface area contributed by atoms with Gasteiger partial charge in [0.1, 0.15) is 5.78 Å². The van der Waals surface area contributed by atoms with E-state index in [4.69, 9.17) is 4.18 Å². The molecular weight excluding hydrogens is 314 g/mol. The summed E-state index contributed by atoms with van der Waals surface area (Å²) in [7, 11) is -3.67. The topological polar surface area (TPSA) is 72.5 Å². The highest BCUT2D eigenvalue weighted by atomic mass is 32.2. The van der Waals surface area contributed by atoms with Crippen LogP contribution in [-0.4, -0.2) is 39.1 Å². The van der Waals surface area contributed by atoms with Gasteiger partial charge in [-0.3, -0.25) is 8.98 Å². The van der Waals surface area contributed by atoms with E-state index < -0.39 is 15.5 Å². The average molecular weight is 343 g/mol. The van der Waals surface area contributed by atoms with Crippen LogP contribution in [0.25, 0.3) is 0 Å². The van der Waals surface area contributed by atoms with E-state index in [0.29, 0.717) is 24.8 Å². The van der Waals surface area contributed by atoms with E-state index in [-0.39, 0.29) is 29.5 Å². The largest absolute Gasteiger partial charge is 0.314 e. The number of fused-ring (bicyclic) bond motifs is 2. The normalized spacial score (nSPS) is 39.8. The molecule has 1 saturated heterocycles. The fraction of sp³-hybridized carbons (Fsp3) is 0.941. The lowest BCUT2D eigenvalue weighted by atomic mass is 9.70. The number of carbonyl (C=O) groups excluding carboxylic acids is 1. The fourth-order valence-corrected chi connectivity index (χ4v) is 6.62. The van der Waals surface area contributed by atoms with Gasteiger partial charge in [-0.05, 0) is 49.9 Å². The van der Waals surface area contributed by atoms with Gasteiger partial charge in [-0.25, -0.2) is 0 Å². The first-order valence-electron chi connectivity index (χ1n) is 8.80. The van der Waals surface area contributed by atoms with Crippen LogP contribution in [0.2, 0.25) is 0 Å². The van der Waals surface area contributed by atoms with Gasteiger partial charge in [-0.1, -0.05) is 13.8 Å². The molecule has 3 aliphatic rings. The zero-order chi connectivity index (χ0) is 16.9. The molecule has 2 bridgehead atoms. The summed E-state index contributed by atoms with van der Waals surface area (Å²) in [5.41, 5.74) is -0.960. The highest BCUT2D eigenvalue weighted by Crippen LogP contribution is 2.64. The minimum atomic E-state index is -3.67. The second kappa shape index (κ2) is 5.81. The van der Waals surface area contributed by atoms with Crippen LogP contribution < -0.4 is 5.32 Å². The van der Waals surface area contributed by atoms with E-state index >= 15 is 0 Å². The van der Waals surface area contributed by atoms with Crippen LogP contribution in [0.1, 0.15) is 52.9 Å². The Morgan fingerprint density at radius 1 is 1.26 bits per heavy atom. The van der Waals surface area contributed by atoms with Crippen LogP contribution in [0.3, 0.4) is 0 Å². The number of nitrogens with one attached hydrogen (secondary N) is 1. The van der Waals surface area contributed by atoms with Gasteiger partial charge in [0.05, 0.1) is 17.8 Å². The quantitative estimate of drug-likeness (QED) is 0.774. The Kier molecular flexibility index (Phi) is 4.39. The number of piperidine rings is 1. The van der Waals surface area contributed by atoms with Crippen LogP contribution in [0, 0.1) is 22.7 Å². The molecule has 23 heavy (non-hydrogen) atoms. The first-order valence-corrected chi connectivity index (χ1v) is 10.4. The summed E-state index contributed by atoms with van der Waals surface area (Å²) < 4.78 is 30.4. The minimum absolute atomic E-state index is 0.124. The molecule has 132 valence electrons. The third-order valence-electron chi connectivity index (χ3n) is 6.81. The van der Waals surface area contributed by atoms with Gasteiger partial charge in [-0.15, -0.1) is 0 Å². The molecule has 2 aliphatic carbocycles. The van der Waals surface area contributed by atoms with Crippen LogP contribution in [0.15, 0.2) is 0 Å². The van der Waals surface area contributed by atoms with E-state index in [1.54, 1.807) is 0 Å². The van der Waals surface area contributed by atoms with E-state index in [2.05, 4.69) is 26.1 Å². The fourth-order valence-electron chi connectivity index (χ4n) is 4.85. The molecule has 6 heteroatoms. The maximum atomic E-state index is 12.5. The van der Waals surface area contributed by atoms with Crippen molar-refractivity contribution >= 4 is 15.9 Å². The van der Waals surface area contributed by atoms with E-state index in [1.165, 1.54) is 0 Å². The molecule has 0 spiro atoms. The molecule has 0 aromatic rings. The van der Waals surface area contributed by atoms with Gasteiger partial charge >= 0.3 is 0 Å². The molecule has 0 aromatic carbocycles. The van der Waals surface area contributed by atoms with Crippen molar-refractivity contribution in [3.8, 4) is 0 Å². The van der Waals surface area contributed by atoms with Gasteiger partial charge in [-0.2, -0.15) is 8.42 Å². The van der Waals surface area contributed by atoms with Gasteiger partial charge in [0.15, 0.2) is 0 Å². The highest BCUT2D eigenvalue weighted by Gasteiger charge is 2.65. The lowest BCUT2D eigenvalue weighted by Crippen LogP contribution is -2.43. The molecule has 3 rings (SSSR count). The lowest BCUT2D eigenvalue weighted by molar-refractivity contribution is -0.128. The van der Waals surface area contributed by atoms with E-state index in [9.17, 15) is 13.2 Å². The lowest BCUT2D eigenvalue weighted by Gasteiger charge is -2.36. The van der Waals surface area contributed by atoms with Gasteiger partial charge in [0.25, 0.3) is 10.1 Å². The van der Waals surface area contributed by atoms with Crippen LogP contribution in [0.4, 0.5) is 0 Å². The summed E-state index contributed by atoms with van der Waals surface area (Å²) in [4.78, 5) is 12.5. The van der Waals surface area contributed by atoms with E-state index in [1.807, 2.05) is 0 Å². The number of rotatable bonds is 5. The molecule has 2 saturated carbocycles. The van der Waals surface area contributed by atoms with Crippen molar-refractivity contribution in [1.29, 1.82) is 0 Å². The van der Waals surface area contributed by atoms with Crippen molar-refractivity contribution < 1.29 is 17.4 Å². The monoisotopic (exact) mass is 343 g/mol. The van der Waals surface area contributed by atoms with Gasteiger partial charge in [0, 0.05) is 19.0 Å². The summed E-state index contributed by atoms with van der Waals surface area (Å²) in [6.07, 6.45) is 4.22. The predicted molar refractivity (Wildman–Crippen MR) is 88.5 cm³/mol. The molecule has 2 unspecified atom stereocenters. The second-order valence-electron chi connectivity index (χ2n) is 8.41. The Morgan fingerprint density at radius 2 is 2.00 bits per heavy atom. The predicted octanol–water partition coefficient (Wildman–Crippen LogP) is 2.12. The molecule has 1 N–H and O–H groups in total. The molecular formula is C17H29NO4S. The maximum Gasteiger partial charge on any atom is 0.268 e. The Labute approximate surface area is 139 Å². The zero-order valence-corrected chi connectivity index (χ0v) is 15.2. The number of hydrogen-bond acceptors (Lipinski definition) is 5. The van der Waals surface area contributed by atoms with Gasteiger partial charge in [0.2, 0.25) is 0 Å². The van der Waals surface area contributed by atoms with Crippen molar-refractivity contribution in [3.63, 3.8) is 0 Å². The van der Waals surface area contributed by atoms with Gasteiger partial charge < -0.3 is 5.32 Å². The smallest absolute Gasteiger partial charge is 0.268 e. The second-order valence-corrected chi connectivity index (χ2v) is 10.0. The summed E-state index contributed by atoms with van der Waals surface area (Å²) in [6, 6.07) is 0.495. The molecule has 0 radical (unpaired) electrons. The SMILES string of the molecule is C[C@@H]1CC[C@@H](COS(=O)(=O)CC23CCC(CC2=O)C3(C)C)CN1. The summed E-state index contributed by atoms with van der Waals surface area (Å²) >= 11 is 0. The number of Topliss-reactive ketones (excluding diaryl/α,β-unsaturated/α-hetero) is 1. The molecule has 0 amide bonds. The Hall–Kier alpha value is -0.460. The van der Waals surface area contributed by atoms with Crippen molar-refractivity contribution in [1.82, 2.24) is 5.32 Å². The minimum Gasteiger partial charge on any atom is -0.314 e. The standard InChI is InChI=1S/C17H29NO4S/c1-12-4-5-13(9-18-12)10-22-23(20,21)11-17-7-6-14(8-15(17)19)16(17,2)3/h12-14,18H,4-11H2,1-3H3/t12-,13-,14?,17?/m1/s1. The van der Waals surface area contributed by atoms with Crippen molar-refractivity contribution in [3.05, 3.63) is 0 Å². The van der Waals surface area contributed by atoms with Crippen LogP contribution >= 0.6 is 0 Å². The Morgan fingerprint density at radius 3 is 2.52 bits per heavy atom. The third-order valence-corrected chi connectivity index (χ3v) is 8.15. The Bertz CT molecular complexity index is 577. The van der Waals surface area contributed by atoms with E-state index in [0.717, 1.165) is 25.8 Å². The molecule has 1 heterocycles. The first kappa shape index (κ1) is 17.4. The first-order chi connectivity index (χ1) is 10.7. The zero-order valence-electron chi connectivity index (χ0n) is 14.4. The summed E-state index contributed by atoms with van der Waals surface area (Å²) in [5, 5.41) is 3.36. The molecule has 4 atom stereocenters. The average Bonchev–Trinajstić information content (AvgIpc) is 2.80. The van der Waals surface area contributed by atoms with Crippen molar-refractivity contribution in [2.75, 3.05) is 18.9 Å². The maximum absolute atomic E-state index is 12.5. The summed E-state index contributed by atoms with van der Waals surface area (Å²) in [6.45, 7) is 7.27. The van der Waals surface area contributed by atoms with Crippen molar-refractivity contribution in [2.24, 2.45) is 22.7 Å².